The van der Waals surface area contributed by atoms with Crippen molar-refractivity contribution < 1.29 is 19.4 Å². The molecule has 0 spiro atoms. The van der Waals surface area contributed by atoms with Crippen molar-refractivity contribution in [3.05, 3.63) is 210 Å². The number of imidazole rings is 1. The summed E-state index contributed by atoms with van der Waals surface area (Å²) < 4.78 is 5.80. The fourth-order valence-corrected chi connectivity index (χ4v) is 8.43. The zero-order chi connectivity index (χ0) is 36.4. The van der Waals surface area contributed by atoms with Gasteiger partial charge in [-0.2, -0.15) is 0 Å². The summed E-state index contributed by atoms with van der Waals surface area (Å²) in [4.78, 5) is 7.15. The summed E-state index contributed by atoms with van der Waals surface area (Å²) in [5, 5.41) is 0. The number of nitrogens with zero attached hydrogens (tertiary/aromatic N) is 4. The first-order chi connectivity index (χ1) is 26.6. The van der Waals surface area contributed by atoms with E-state index in [0.717, 1.165) is 76.8 Å². The average molecular weight is 876 g/mol. The molecule has 0 aliphatic heterocycles. The molecule has 262 valence electrons. The molecule has 0 bridgehead atoms. The number of fused-ring (bicyclic) bond motifs is 1. The molecular formula is C49H36N4Pt. The predicted octanol–water partition coefficient (Wildman–Crippen LogP) is 12.7. The number of rotatable bonds is 8. The molecule has 0 amide bonds. The van der Waals surface area contributed by atoms with E-state index in [9.17, 15) is 0 Å². The molecule has 0 saturated carbocycles. The van der Waals surface area contributed by atoms with E-state index in [-0.39, 0.29) is 0 Å². The molecule has 0 fully saturated rings. The Labute approximate surface area is 326 Å². The molecule has 0 saturated heterocycles. The molecule has 0 N–H and O–H groups in total. The Morgan fingerprint density at radius 1 is 0.463 bits per heavy atom. The van der Waals surface area contributed by atoms with Gasteiger partial charge in [-0.05, 0) is 6.07 Å². The Hall–Kier alpha value is -6.35. The van der Waals surface area contributed by atoms with Gasteiger partial charge in [0.05, 0.1) is 0 Å². The van der Waals surface area contributed by atoms with Crippen LogP contribution in [0.5, 0.6) is 0 Å². The summed E-state index contributed by atoms with van der Waals surface area (Å²) in [7, 11) is 0. The van der Waals surface area contributed by atoms with Crippen LogP contribution in [0.2, 0.25) is 0 Å². The Morgan fingerprint density at radius 3 is 1.63 bits per heavy atom. The van der Waals surface area contributed by atoms with Gasteiger partial charge in [0.1, 0.15) is 0 Å². The molecular weight excluding hydrogens is 840 g/mol. The van der Waals surface area contributed by atoms with E-state index in [0.29, 0.717) is 0 Å². The number of pyridine rings is 1. The molecule has 4 nitrogen and oxygen atoms in total. The fourth-order valence-electron chi connectivity index (χ4n) is 7.30. The van der Waals surface area contributed by atoms with Crippen molar-refractivity contribution in [3.63, 3.8) is 0 Å². The van der Waals surface area contributed by atoms with E-state index < -0.39 is 0 Å². The average Bonchev–Trinajstić information content (AvgIpc) is 3.54. The van der Waals surface area contributed by atoms with Gasteiger partial charge in [-0.1, -0.05) is 0 Å². The van der Waals surface area contributed by atoms with Crippen molar-refractivity contribution in [1.29, 1.82) is 0 Å². The minimum atomic E-state index is 0.932. The maximum absolute atomic E-state index is 4.72. The summed E-state index contributed by atoms with van der Waals surface area (Å²) in [6.07, 6.45) is 1.85. The van der Waals surface area contributed by atoms with Gasteiger partial charge < -0.3 is 0 Å². The van der Waals surface area contributed by atoms with Gasteiger partial charge in [-0.3, -0.25) is 0 Å². The van der Waals surface area contributed by atoms with Gasteiger partial charge in [0.2, 0.25) is 0 Å². The first-order valence-corrected chi connectivity index (χ1v) is 19.2. The number of para-hydroxylation sites is 3. The van der Waals surface area contributed by atoms with E-state index in [1.807, 2.05) is 18.3 Å². The second kappa shape index (κ2) is 14.6. The zero-order valence-corrected chi connectivity index (χ0v) is 31.9. The quantitative estimate of drug-likeness (QED) is 0.152. The van der Waals surface area contributed by atoms with Crippen LogP contribution in [0.4, 0.5) is 17.1 Å². The Kier molecular flexibility index (Phi) is 9.04. The van der Waals surface area contributed by atoms with Crippen LogP contribution in [0.15, 0.2) is 200 Å². The number of aromatic nitrogens is 3. The molecule has 9 rings (SSSR count). The van der Waals surface area contributed by atoms with Crippen molar-refractivity contribution in [1.82, 2.24) is 14.1 Å². The molecule has 0 atom stereocenters. The topological polar surface area (TPSA) is 26.0 Å². The van der Waals surface area contributed by atoms with Crippen LogP contribution in [0.3, 0.4) is 0 Å². The second-order valence-corrected chi connectivity index (χ2v) is 14.3. The number of anilines is 3. The third kappa shape index (κ3) is 6.25. The third-order valence-corrected chi connectivity index (χ3v) is 10.9. The van der Waals surface area contributed by atoms with Gasteiger partial charge in [0.25, 0.3) is 0 Å². The van der Waals surface area contributed by atoms with E-state index >= 15 is 0 Å². The van der Waals surface area contributed by atoms with Gasteiger partial charge in [-0.15, -0.1) is 0 Å². The summed E-state index contributed by atoms with van der Waals surface area (Å²) in [6, 6.07) is 69.2. The van der Waals surface area contributed by atoms with Crippen LogP contribution in [0.25, 0.3) is 55.9 Å². The molecule has 0 unspecified atom stereocenters. The molecule has 9 aromatic rings. The first kappa shape index (κ1) is 33.5. The molecule has 5 heteroatoms. The monoisotopic (exact) mass is 875 g/mol. The Balaban J connectivity index is 1.32. The van der Waals surface area contributed by atoms with Crippen LogP contribution in [-0.4, -0.2) is 14.1 Å². The second-order valence-electron chi connectivity index (χ2n) is 13.3. The molecule has 2 aromatic heterocycles. The van der Waals surface area contributed by atoms with Crippen LogP contribution >= 0.6 is 0 Å². The van der Waals surface area contributed by atoms with Crippen LogP contribution in [-0.2, 0) is 19.4 Å². The number of aryl methyl sites for hydroxylation is 1. The molecule has 0 aliphatic carbocycles. The maximum atomic E-state index is 4.72. The predicted molar refractivity (Wildman–Crippen MR) is 219 cm³/mol. The van der Waals surface area contributed by atoms with E-state index in [1.165, 1.54) is 5.56 Å². The van der Waals surface area contributed by atoms with Gasteiger partial charge >= 0.3 is 322 Å². The molecule has 0 aliphatic rings. The van der Waals surface area contributed by atoms with E-state index in [2.05, 4.69) is 222 Å². The number of hydrogen-bond donors (Lipinski definition) is 0. The number of benzene rings is 7. The summed E-state index contributed by atoms with van der Waals surface area (Å²) in [5.74, 6) is 0. The van der Waals surface area contributed by atoms with E-state index in [4.69, 9.17) is 4.98 Å². The molecule has 0 radical (unpaired) electrons. The normalized spacial score (nSPS) is 11.2. The molecule has 7 aromatic carbocycles. The molecule has 2 heterocycles. The number of hydrogen-bond acceptors (Lipinski definition) is 2. The fraction of sp³-hybridized carbons (Fsp3) is 0.0204. The van der Waals surface area contributed by atoms with Crippen molar-refractivity contribution in [2.24, 2.45) is 0 Å². The Bertz CT molecular complexity index is 2730. The molecule has 54 heavy (non-hydrogen) atoms. The first-order valence-electron chi connectivity index (χ1n) is 18.0. The van der Waals surface area contributed by atoms with Crippen molar-refractivity contribution in [3.8, 4) is 44.9 Å². The summed E-state index contributed by atoms with van der Waals surface area (Å²) in [6.45, 7) is 2.13. The summed E-state index contributed by atoms with van der Waals surface area (Å²) in [5.41, 5.74) is 15.5. The van der Waals surface area contributed by atoms with Gasteiger partial charge in [0, 0.05) is 0 Å². The van der Waals surface area contributed by atoms with Crippen LogP contribution in [0, 0.1) is 10.7 Å². The SMILES string of the molecule is Cc1ccc(-n2[c](=[Pt])n(-c3cccc(N(c4cccc(-c5ccccn5)c4)c4c(-c5ccccc5)cccc4-c4ccccc4)c3)c3ccccc32)cc1. The Morgan fingerprint density at radius 2 is 1.00 bits per heavy atom. The van der Waals surface area contributed by atoms with Crippen molar-refractivity contribution in [2.45, 2.75) is 6.92 Å². The standard InChI is InChI=1S/C49H36N4.Pt/c1-36-28-30-40(31-29-36)51-35-52(48-27-9-8-26-47(48)51)41-20-13-22-43(34-41)53(42-21-12-19-39(33-42)46-25-10-11-32-50-46)49-44(37-15-4-2-5-16-37)23-14-24-45(49)38-17-6-3-7-18-38;/h2-34H,1H3;. The van der Waals surface area contributed by atoms with Crippen molar-refractivity contribution in [2.75, 3.05) is 4.90 Å². The van der Waals surface area contributed by atoms with Crippen LogP contribution < -0.4 is 4.90 Å². The minimum absolute atomic E-state index is 0.932. The van der Waals surface area contributed by atoms with Gasteiger partial charge in [-0.25, -0.2) is 0 Å². The zero-order valence-electron chi connectivity index (χ0n) is 29.7. The van der Waals surface area contributed by atoms with Gasteiger partial charge in [0.15, 0.2) is 0 Å². The van der Waals surface area contributed by atoms with E-state index in [1.54, 1.807) is 0 Å². The van der Waals surface area contributed by atoms with Crippen molar-refractivity contribution >= 4 is 28.1 Å². The van der Waals surface area contributed by atoms with Crippen LogP contribution in [0.1, 0.15) is 5.56 Å². The summed E-state index contributed by atoms with van der Waals surface area (Å²) >= 11 is 2.48. The third-order valence-electron chi connectivity index (χ3n) is 9.84.